The van der Waals surface area contributed by atoms with Crippen molar-refractivity contribution in [1.29, 1.82) is 0 Å². The number of hydrogen-bond acceptors (Lipinski definition) is 5. The van der Waals surface area contributed by atoms with Crippen LogP contribution in [0.3, 0.4) is 0 Å². The molecule has 2 aromatic rings. The van der Waals surface area contributed by atoms with E-state index in [-0.39, 0.29) is 5.91 Å². The first kappa shape index (κ1) is 19.4. The number of thiazole rings is 1. The van der Waals surface area contributed by atoms with E-state index in [0.29, 0.717) is 6.42 Å². The normalized spacial score (nSPS) is 18.5. The Labute approximate surface area is 172 Å². The standard InChI is InChI=1S/C22H30N4OS/c1-18-7-3-4-8-19(18)15-21(27)25-11-13-26(14-12-25)22-23-20(17-28-22)16-24-9-5-2-6-10-24/h3-4,7-8,17H,2,5-6,9-16H2,1H3. The molecule has 2 aliphatic rings. The molecule has 28 heavy (non-hydrogen) atoms. The molecule has 2 aliphatic heterocycles. The number of piperidine rings is 1. The molecule has 6 heteroatoms. The van der Waals surface area contributed by atoms with Gasteiger partial charge >= 0.3 is 0 Å². The van der Waals surface area contributed by atoms with Gasteiger partial charge in [-0.15, -0.1) is 11.3 Å². The van der Waals surface area contributed by atoms with Crippen molar-refractivity contribution in [2.45, 2.75) is 39.2 Å². The topological polar surface area (TPSA) is 39.7 Å². The van der Waals surface area contributed by atoms with Gasteiger partial charge in [0.25, 0.3) is 0 Å². The number of anilines is 1. The highest BCUT2D eigenvalue weighted by Crippen LogP contribution is 2.24. The van der Waals surface area contributed by atoms with Gasteiger partial charge in [-0.25, -0.2) is 4.98 Å². The minimum absolute atomic E-state index is 0.235. The highest BCUT2D eigenvalue weighted by molar-refractivity contribution is 7.13. The van der Waals surface area contributed by atoms with E-state index in [4.69, 9.17) is 4.98 Å². The lowest BCUT2D eigenvalue weighted by Crippen LogP contribution is -2.49. The number of likely N-dealkylation sites (tertiary alicyclic amines) is 1. The highest BCUT2D eigenvalue weighted by Gasteiger charge is 2.23. The van der Waals surface area contributed by atoms with Gasteiger partial charge in [-0.3, -0.25) is 9.69 Å². The molecule has 3 heterocycles. The van der Waals surface area contributed by atoms with Crippen molar-refractivity contribution in [2.24, 2.45) is 0 Å². The zero-order chi connectivity index (χ0) is 19.3. The first-order chi connectivity index (χ1) is 13.7. The number of hydrogen-bond donors (Lipinski definition) is 0. The van der Waals surface area contributed by atoms with Gasteiger partial charge in [0.1, 0.15) is 0 Å². The average molecular weight is 399 g/mol. The number of carbonyl (C=O) groups is 1. The van der Waals surface area contributed by atoms with E-state index in [1.54, 1.807) is 11.3 Å². The molecule has 0 bridgehead atoms. The lowest BCUT2D eigenvalue weighted by atomic mass is 10.1. The third kappa shape index (κ3) is 4.73. The monoisotopic (exact) mass is 398 g/mol. The van der Waals surface area contributed by atoms with Crippen LogP contribution >= 0.6 is 11.3 Å². The summed E-state index contributed by atoms with van der Waals surface area (Å²) < 4.78 is 0. The summed E-state index contributed by atoms with van der Waals surface area (Å²) in [4.78, 5) is 24.4. The van der Waals surface area contributed by atoms with Gasteiger partial charge in [0.15, 0.2) is 5.13 Å². The summed E-state index contributed by atoms with van der Waals surface area (Å²) in [5.41, 5.74) is 3.52. The Morgan fingerprint density at radius 1 is 1.04 bits per heavy atom. The quantitative estimate of drug-likeness (QED) is 0.775. The molecule has 4 rings (SSSR count). The van der Waals surface area contributed by atoms with Crippen LogP contribution in [0.25, 0.3) is 0 Å². The molecule has 1 amide bonds. The van der Waals surface area contributed by atoms with Crippen molar-refractivity contribution in [3.05, 3.63) is 46.5 Å². The molecule has 150 valence electrons. The second-order valence-corrected chi connectivity index (χ2v) is 8.77. The van der Waals surface area contributed by atoms with Crippen molar-refractivity contribution in [3.8, 4) is 0 Å². The lowest BCUT2D eigenvalue weighted by molar-refractivity contribution is -0.130. The van der Waals surface area contributed by atoms with Gasteiger partial charge in [-0.2, -0.15) is 0 Å². The largest absolute Gasteiger partial charge is 0.345 e. The van der Waals surface area contributed by atoms with E-state index in [2.05, 4.69) is 34.2 Å². The molecule has 1 aromatic carbocycles. The zero-order valence-corrected chi connectivity index (χ0v) is 17.6. The maximum atomic E-state index is 12.7. The zero-order valence-electron chi connectivity index (χ0n) is 16.8. The van der Waals surface area contributed by atoms with Crippen molar-refractivity contribution < 1.29 is 4.79 Å². The van der Waals surface area contributed by atoms with Crippen molar-refractivity contribution in [1.82, 2.24) is 14.8 Å². The van der Waals surface area contributed by atoms with Gasteiger partial charge < -0.3 is 9.80 Å². The maximum Gasteiger partial charge on any atom is 0.227 e. The summed E-state index contributed by atoms with van der Waals surface area (Å²) in [6, 6.07) is 8.17. The van der Waals surface area contributed by atoms with Crippen LogP contribution in [0.15, 0.2) is 29.6 Å². The number of piperazine rings is 1. The predicted molar refractivity (Wildman–Crippen MR) is 115 cm³/mol. The summed E-state index contributed by atoms with van der Waals surface area (Å²) in [5, 5.41) is 3.32. The Morgan fingerprint density at radius 3 is 2.54 bits per heavy atom. The van der Waals surface area contributed by atoms with Gasteiger partial charge in [-0.1, -0.05) is 30.7 Å². The maximum absolute atomic E-state index is 12.7. The molecule has 0 atom stereocenters. The molecule has 0 aliphatic carbocycles. The van der Waals surface area contributed by atoms with E-state index in [9.17, 15) is 4.79 Å². The third-order valence-corrected chi connectivity index (χ3v) is 6.83. The number of rotatable bonds is 5. The van der Waals surface area contributed by atoms with Crippen LogP contribution in [0.2, 0.25) is 0 Å². The molecule has 0 unspecified atom stereocenters. The first-order valence-corrected chi connectivity index (χ1v) is 11.3. The van der Waals surface area contributed by atoms with E-state index in [0.717, 1.165) is 43.4 Å². The number of amides is 1. The van der Waals surface area contributed by atoms with E-state index in [1.807, 2.05) is 17.0 Å². The van der Waals surface area contributed by atoms with Crippen LogP contribution in [0.1, 0.15) is 36.1 Å². The summed E-state index contributed by atoms with van der Waals surface area (Å²) in [7, 11) is 0. The molecule has 0 N–H and O–H groups in total. The van der Waals surface area contributed by atoms with Crippen molar-refractivity contribution in [2.75, 3.05) is 44.2 Å². The second-order valence-electron chi connectivity index (χ2n) is 7.93. The first-order valence-electron chi connectivity index (χ1n) is 10.4. The second kappa shape index (κ2) is 9.05. The van der Waals surface area contributed by atoms with Crippen molar-refractivity contribution >= 4 is 22.4 Å². The van der Waals surface area contributed by atoms with Crippen LogP contribution in [-0.4, -0.2) is 60.0 Å². The van der Waals surface area contributed by atoms with E-state index in [1.165, 1.54) is 43.6 Å². The molecule has 0 spiro atoms. The van der Waals surface area contributed by atoms with Crippen LogP contribution < -0.4 is 4.90 Å². The molecule has 1 aromatic heterocycles. The Balaban J connectivity index is 1.28. The minimum Gasteiger partial charge on any atom is -0.345 e. The fraction of sp³-hybridized carbons (Fsp3) is 0.545. The molecule has 0 radical (unpaired) electrons. The van der Waals surface area contributed by atoms with Gasteiger partial charge in [0, 0.05) is 38.1 Å². The number of nitrogens with zero attached hydrogens (tertiary/aromatic N) is 4. The Bertz CT molecular complexity index is 791. The number of aryl methyl sites for hydroxylation is 1. The van der Waals surface area contributed by atoms with Crippen LogP contribution in [0, 0.1) is 6.92 Å². The summed E-state index contributed by atoms with van der Waals surface area (Å²) in [5.74, 6) is 0.235. The summed E-state index contributed by atoms with van der Waals surface area (Å²) >= 11 is 1.74. The summed E-state index contributed by atoms with van der Waals surface area (Å²) in [6.45, 7) is 8.77. The predicted octanol–water partition coefficient (Wildman–Crippen LogP) is 3.33. The minimum atomic E-state index is 0.235. The molecular weight excluding hydrogens is 368 g/mol. The van der Waals surface area contributed by atoms with Gasteiger partial charge in [0.05, 0.1) is 12.1 Å². The van der Waals surface area contributed by atoms with Crippen LogP contribution in [0.4, 0.5) is 5.13 Å². The van der Waals surface area contributed by atoms with Crippen LogP contribution in [0.5, 0.6) is 0 Å². The SMILES string of the molecule is Cc1ccccc1CC(=O)N1CCN(c2nc(CN3CCCCC3)cs2)CC1. The van der Waals surface area contributed by atoms with E-state index >= 15 is 0 Å². The van der Waals surface area contributed by atoms with E-state index < -0.39 is 0 Å². The van der Waals surface area contributed by atoms with Gasteiger partial charge in [-0.05, 0) is 44.0 Å². The Kier molecular flexibility index (Phi) is 6.27. The number of benzene rings is 1. The van der Waals surface area contributed by atoms with Crippen LogP contribution in [-0.2, 0) is 17.8 Å². The molecule has 2 saturated heterocycles. The Hall–Kier alpha value is -1.92. The lowest BCUT2D eigenvalue weighted by Gasteiger charge is -2.34. The number of carbonyl (C=O) groups excluding carboxylic acids is 1. The number of aromatic nitrogens is 1. The Morgan fingerprint density at radius 2 is 1.79 bits per heavy atom. The fourth-order valence-corrected chi connectivity index (χ4v) is 4.96. The van der Waals surface area contributed by atoms with Crippen molar-refractivity contribution in [3.63, 3.8) is 0 Å². The molecule has 0 saturated carbocycles. The molecule has 2 fully saturated rings. The fourth-order valence-electron chi connectivity index (χ4n) is 4.09. The smallest absolute Gasteiger partial charge is 0.227 e. The molecule has 5 nitrogen and oxygen atoms in total. The average Bonchev–Trinajstić information content (AvgIpc) is 3.19. The highest BCUT2D eigenvalue weighted by atomic mass is 32.1. The molecular formula is C22H30N4OS. The summed E-state index contributed by atoms with van der Waals surface area (Å²) in [6.07, 6.45) is 4.50. The van der Waals surface area contributed by atoms with Gasteiger partial charge in [0.2, 0.25) is 5.91 Å². The third-order valence-electron chi connectivity index (χ3n) is 5.88.